The van der Waals surface area contributed by atoms with Gasteiger partial charge in [0.2, 0.25) is 0 Å². The van der Waals surface area contributed by atoms with Crippen LogP contribution in [0.2, 0.25) is 0 Å². The first-order valence-electron chi connectivity index (χ1n) is 8.73. The van der Waals surface area contributed by atoms with Crippen LogP contribution in [-0.2, 0) is 4.79 Å². The smallest absolute Gasteiger partial charge is 0.343 e. The minimum Gasteiger partial charge on any atom is -0.459 e. The second-order valence-corrected chi connectivity index (χ2v) is 5.92. The van der Waals surface area contributed by atoms with Crippen molar-refractivity contribution in [3.63, 3.8) is 0 Å². The van der Waals surface area contributed by atoms with Crippen LogP contribution in [0.1, 0.15) is 26.5 Å². The maximum atomic E-state index is 13.2. The Labute approximate surface area is 170 Å². The number of carbonyl (C=O) groups excluding carboxylic acids is 3. The van der Waals surface area contributed by atoms with Crippen LogP contribution in [0.15, 0.2) is 76.4 Å². The van der Waals surface area contributed by atoms with E-state index in [0.717, 1.165) is 6.07 Å². The van der Waals surface area contributed by atoms with Crippen molar-refractivity contribution in [3.8, 4) is 5.75 Å². The minimum atomic E-state index is -0.681. The lowest BCUT2D eigenvalue weighted by molar-refractivity contribution is -0.120. The van der Waals surface area contributed by atoms with Gasteiger partial charge in [0, 0.05) is 0 Å². The molecule has 0 aliphatic rings. The summed E-state index contributed by atoms with van der Waals surface area (Å²) in [4.78, 5) is 35.3. The van der Waals surface area contributed by atoms with Crippen LogP contribution in [0.3, 0.4) is 0 Å². The van der Waals surface area contributed by atoms with Crippen LogP contribution < -0.4 is 15.5 Å². The summed E-state index contributed by atoms with van der Waals surface area (Å²) in [5, 5.41) is 6.17. The van der Waals surface area contributed by atoms with E-state index < -0.39 is 23.6 Å². The van der Waals surface area contributed by atoms with E-state index in [0.29, 0.717) is 5.56 Å². The van der Waals surface area contributed by atoms with Crippen LogP contribution >= 0.6 is 0 Å². The van der Waals surface area contributed by atoms with E-state index >= 15 is 0 Å². The molecule has 0 atom stereocenters. The molecule has 1 aromatic heterocycles. The third kappa shape index (κ3) is 5.86. The summed E-state index contributed by atoms with van der Waals surface area (Å²) < 4.78 is 23.2. The highest BCUT2D eigenvalue weighted by molar-refractivity contribution is 5.94. The van der Waals surface area contributed by atoms with E-state index in [9.17, 15) is 18.8 Å². The maximum absolute atomic E-state index is 13.2. The summed E-state index contributed by atoms with van der Waals surface area (Å²) in [5.41, 5.74) is 2.99. The van der Waals surface area contributed by atoms with Gasteiger partial charge in [-0.05, 0) is 60.2 Å². The number of nitrogens with zero attached hydrogens (tertiary/aromatic N) is 1. The molecule has 2 aromatic carbocycles. The SMILES string of the molecule is O=C(CNC(=O)c1ccco1)NN=Cc1ccc(OC(=O)c2cccc(F)c2)cc1. The van der Waals surface area contributed by atoms with E-state index in [2.05, 4.69) is 15.8 Å². The number of hydrogen-bond acceptors (Lipinski definition) is 6. The van der Waals surface area contributed by atoms with Gasteiger partial charge in [0.15, 0.2) is 5.76 Å². The summed E-state index contributed by atoms with van der Waals surface area (Å²) >= 11 is 0. The molecule has 9 heteroatoms. The molecule has 2 N–H and O–H groups in total. The Balaban J connectivity index is 1.45. The number of esters is 1. The summed E-state index contributed by atoms with van der Waals surface area (Å²) in [6.07, 6.45) is 2.73. The second-order valence-electron chi connectivity index (χ2n) is 5.92. The molecule has 152 valence electrons. The highest BCUT2D eigenvalue weighted by atomic mass is 19.1. The third-order valence-corrected chi connectivity index (χ3v) is 3.71. The van der Waals surface area contributed by atoms with Gasteiger partial charge in [-0.2, -0.15) is 5.10 Å². The zero-order valence-corrected chi connectivity index (χ0v) is 15.5. The van der Waals surface area contributed by atoms with Crippen molar-refractivity contribution >= 4 is 24.0 Å². The number of hydrogen-bond donors (Lipinski definition) is 2. The molecular weight excluding hydrogens is 393 g/mol. The highest BCUT2D eigenvalue weighted by Gasteiger charge is 2.10. The molecule has 3 rings (SSSR count). The van der Waals surface area contributed by atoms with Crippen LogP contribution in [0.4, 0.5) is 4.39 Å². The van der Waals surface area contributed by atoms with Gasteiger partial charge in [-0.3, -0.25) is 9.59 Å². The Kier molecular flexibility index (Phi) is 6.67. The molecule has 2 amide bonds. The van der Waals surface area contributed by atoms with Gasteiger partial charge < -0.3 is 14.5 Å². The van der Waals surface area contributed by atoms with Gasteiger partial charge in [-0.15, -0.1) is 0 Å². The number of benzene rings is 2. The summed E-state index contributed by atoms with van der Waals surface area (Å²) in [5.74, 6) is -1.87. The molecule has 30 heavy (non-hydrogen) atoms. The first-order chi connectivity index (χ1) is 14.5. The monoisotopic (exact) mass is 409 g/mol. The third-order valence-electron chi connectivity index (χ3n) is 3.71. The number of amides is 2. The molecule has 8 nitrogen and oxygen atoms in total. The van der Waals surface area contributed by atoms with Gasteiger partial charge in [0.1, 0.15) is 11.6 Å². The van der Waals surface area contributed by atoms with Crippen LogP contribution in [-0.4, -0.2) is 30.5 Å². The molecule has 0 bridgehead atoms. The average molecular weight is 409 g/mol. The maximum Gasteiger partial charge on any atom is 0.343 e. The molecule has 0 radical (unpaired) electrons. The van der Waals surface area contributed by atoms with Crippen LogP contribution in [0.25, 0.3) is 0 Å². The van der Waals surface area contributed by atoms with Gasteiger partial charge >= 0.3 is 5.97 Å². The van der Waals surface area contributed by atoms with Crippen molar-refractivity contribution in [2.45, 2.75) is 0 Å². The molecule has 0 unspecified atom stereocenters. The molecule has 0 saturated carbocycles. The van der Waals surface area contributed by atoms with Crippen LogP contribution in [0.5, 0.6) is 5.75 Å². The zero-order chi connectivity index (χ0) is 21.3. The minimum absolute atomic E-state index is 0.0995. The number of hydrazone groups is 1. The summed E-state index contributed by atoms with van der Waals surface area (Å²) in [7, 11) is 0. The zero-order valence-electron chi connectivity index (χ0n) is 15.5. The molecular formula is C21H16FN3O5. The molecule has 0 saturated heterocycles. The number of carbonyl (C=O) groups is 3. The van der Waals surface area contributed by atoms with Gasteiger partial charge in [0.25, 0.3) is 11.8 Å². The molecule has 0 spiro atoms. The number of rotatable bonds is 7. The Bertz CT molecular complexity index is 1060. The fourth-order valence-corrected chi connectivity index (χ4v) is 2.28. The number of furan rings is 1. The van der Waals surface area contributed by atoms with E-state index in [1.807, 2.05) is 0 Å². The first kappa shape index (κ1) is 20.5. The Morgan fingerprint density at radius 1 is 1.07 bits per heavy atom. The molecule has 0 aliphatic carbocycles. The highest BCUT2D eigenvalue weighted by Crippen LogP contribution is 2.14. The first-order valence-corrected chi connectivity index (χ1v) is 8.73. The van der Waals surface area contributed by atoms with Crippen molar-refractivity contribution < 1.29 is 27.9 Å². The fraction of sp³-hybridized carbons (Fsp3) is 0.0476. The lowest BCUT2D eigenvalue weighted by Crippen LogP contribution is -2.34. The quantitative estimate of drug-likeness (QED) is 0.270. The van der Waals surface area contributed by atoms with E-state index in [1.54, 1.807) is 18.2 Å². The number of halogens is 1. The summed E-state index contributed by atoms with van der Waals surface area (Å²) in [6.45, 7) is -0.272. The van der Waals surface area contributed by atoms with Gasteiger partial charge in [-0.25, -0.2) is 14.6 Å². The van der Waals surface area contributed by atoms with Crippen molar-refractivity contribution in [1.29, 1.82) is 0 Å². The average Bonchev–Trinajstić information content (AvgIpc) is 3.28. The molecule has 0 aliphatic heterocycles. The van der Waals surface area contributed by atoms with Gasteiger partial charge in [-0.1, -0.05) is 6.07 Å². The Hall–Kier alpha value is -4.27. The fourth-order valence-electron chi connectivity index (χ4n) is 2.28. The predicted octanol–water partition coefficient (Wildman–Crippen LogP) is 2.52. The Morgan fingerprint density at radius 2 is 1.87 bits per heavy atom. The lowest BCUT2D eigenvalue weighted by Gasteiger charge is -2.05. The van der Waals surface area contributed by atoms with E-state index in [-0.39, 0.29) is 23.6 Å². The molecule has 0 fully saturated rings. The topological polar surface area (TPSA) is 110 Å². The number of ether oxygens (including phenoxy) is 1. The molecule has 1 heterocycles. The van der Waals surface area contributed by atoms with Crippen LogP contribution in [0, 0.1) is 5.82 Å². The standard InChI is InChI=1S/C21H16FN3O5/c22-16-4-1-3-15(11-16)21(28)30-17-8-6-14(7-9-17)12-24-25-19(26)13-23-20(27)18-5-2-10-29-18/h1-12H,13H2,(H,23,27)(H,25,26). The molecule has 3 aromatic rings. The number of nitrogens with one attached hydrogen (secondary N) is 2. The largest absolute Gasteiger partial charge is 0.459 e. The Morgan fingerprint density at radius 3 is 2.57 bits per heavy atom. The predicted molar refractivity (Wildman–Crippen MR) is 105 cm³/mol. The summed E-state index contributed by atoms with van der Waals surface area (Å²) in [6, 6.07) is 14.5. The normalized spacial score (nSPS) is 10.6. The van der Waals surface area contributed by atoms with Crippen molar-refractivity contribution in [2.24, 2.45) is 5.10 Å². The van der Waals surface area contributed by atoms with Crippen molar-refractivity contribution in [2.75, 3.05) is 6.54 Å². The van der Waals surface area contributed by atoms with Crippen molar-refractivity contribution in [1.82, 2.24) is 10.7 Å². The van der Waals surface area contributed by atoms with E-state index in [1.165, 1.54) is 48.9 Å². The second kappa shape index (κ2) is 9.78. The lowest BCUT2D eigenvalue weighted by atomic mass is 10.2. The van der Waals surface area contributed by atoms with E-state index in [4.69, 9.17) is 9.15 Å². The van der Waals surface area contributed by atoms with Gasteiger partial charge in [0.05, 0.1) is 24.6 Å². The van der Waals surface area contributed by atoms with Crippen molar-refractivity contribution in [3.05, 3.63) is 89.6 Å².